The maximum atomic E-state index is 10.4. The summed E-state index contributed by atoms with van der Waals surface area (Å²) in [6, 6.07) is 0. The molecule has 1 heterocycles. The van der Waals surface area contributed by atoms with Gasteiger partial charge < -0.3 is 10.0 Å². The van der Waals surface area contributed by atoms with Crippen molar-refractivity contribution in [2.24, 2.45) is 4.99 Å². The summed E-state index contributed by atoms with van der Waals surface area (Å²) in [7, 11) is 0. The molecule has 5 heteroatoms. The molecule has 5 nitrogen and oxygen atoms in total. The summed E-state index contributed by atoms with van der Waals surface area (Å²) in [5, 5.41) is 8.59. The molecule has 0 aromatic rings. The third kappa shape index (κ3) is 4.02. The lowest BCUT2D eigenvalue weighted by molar-refractivity contribution is -0.137. The second kappa shape index (κ2) is 6.27. The first kappa shape index (κ1) is 12.7. The number of carboxylic acid groups (broad SMARTS) is 1. The third-order valence-electron chi connectivity index (χ3n) is 2.75. The first-order valence-electron chi connectivity index (χ1n) is 5.48. The van der Waals surface area contributed by atoms with Gasteiger partial charge in [0.15, 0.2) is 0 Å². The zero-order valence-corrected chi connectivity index (χ0v) is 9.72. The highest BCUT2D eigenvalue weighted by Crippen LogP contribution is 2.03. The van der Waals surface area contributed by atoms with E-state index >= 15 is 0 Å². The molecule has 0 radical (unpaired) electrons. The molecule has 0 aromatic carbocycles. The van der Waals surface area contributed by atoms with Crippen molar-refractivity contribution in [3.05, 3.63) is 12.8 Å². The third-order valence-corrected chi connectivity index (χ3v) is 2.75. The number of carboxylic acids is 1. The van der Waals surface area contributed by atoms with Crippen LogP contribution in [0.4, 0.5) is 0 Å². The summed E-state index contributed by atoms with van der Waals surface area (Å²) in [5.41, 5.74) is 0. The standard InChI is InChI=1S/C11H19N3O2/c1-3-12-10(2)14-8-6-13(7-9-14)5-4-11(15)16/h3H,1,4-9H2,2H3,(H,15,16)/b12-10+. The minimum Gasteiger partial charge on any atom is -0.481 e. The minimum atomic E-state index is -0.730. The number of aliphatic imine (C=N–C) groups is 1. The molecule has 0 aliphatic carbocycles. The summed E-state index contributed by atoms with van der Waals surface area (Å²) in [6.07, 6.45) is 1.77. The van der Waals surface area contributed by atoms with Crippen molar-refractivity contribution in [1.82, 2.24) is 9.80 Å². The molecular weight excluding hydrogens is 206 g/mol. The van der Waals surface area contributed by atoms with Gasteiger partial charge in [0.05, 0.1) is 6.42 Å². The molecule has 16 heavy (non-hydrogen) atoms. The number of nitrogens with zero attached hydrogens (tertiary/aromatic N) is 3. The van der Waals surface area contributed by atoms with Crippen LogP contribution in [0.1, 0.15) is 13.3 Å². The van der Waals surface area contributed by atoms with Crippen LogP contribution in [0, 0.1) is 0 Å². The highest BCUT2D eigenvalue weighted by molar-refractivity contribution is 5.80. The molecular formula is C11H19N3O2. The van der Waals surface area contributed by atoms with Crippen molar-refractivity contribution in [2.45, 2.75) is 13.3 Å². The van der Waals surface area contributed by atoms with Gasteiger partial charge in [-0.3, -0.25) is 9.69 Å². The summed E-state index contributed by atoms with van der Waals surface area (Å²) in [5.74, 6) is 0.250. The maximum absolute atomic E-state index is 10.4. The monoisotopic (exact) mass is 225 g/mol. The van der Waals surface area contributed by atoms with Gasteiger partial charge in [0.25, 0.3) is 0 Å². The molecule has 0 amide bonds. The number of aliphatic carboxylic acids is 1. The van der Waals surface area contributed by atoms with Crippen molar-refractivity contribution >= 4 is 11.8 Å². The smallest absolute Gasteiger partial charge is 0.304 e. The first-order valence-corrected chi connectivity index (χ1v) is 5.48. The van der Waals surface area contributed by atoms with Crippen LogP contribution in [0.25, 0.3) is 0 Å². The van der Waals surface area contributed by atoms with E-state index in [1.165, 1.54) is 0 Å². The number of carbonyl (C=O) groups is 1. The lowest BCUT2D eigenvalue weighted by atomic mass is 10.3. The average molecular weight is 225 g/mol. The van der Waals surface area contributed by atoms with E-state index in [-0.39, 0.29) is 6.42 Å². The number of hydrogen-bond acceptors (Lipinski definition) is 3. The van der Waals surface area contributed by atoms with E-state index in [1.807, 2.05) is 6.92 Å². The lowest BCUT2D eigenvalue weighted by Gasteiger charge is -2.35. The molecule has 0 unspecified atom stereocenters. The van der Waals surface area contributed by atoms with Crippen LogP contribution in [0.5, 0.6) is 0 Å². The van der Waals surface area contributed by atoms with Gasteiger partial charge in [0.2, 0.25) is 0 Å². The molecule has 0 spiro atoms. The Balaban J connectivity index is 2.31. The zero-order chi connectivity index (χ0) is 12.0. The Morgan fingerprint density at radius 2 is 2.06 bits per heavy atom. The van der Waals surface area contributed by atoms with Gasteiger partial charge in [-0.25, -0.2) is 4.99 Å². The Labute approximate surface area is 96.1 Å². The fourth-order valence-corrected chi connectivity index (χ4v) is 1.76. The van der Waals surface area contributed by atoms with Gasteiger partial charge in [0, 0.05) is 38.9 Å². The van der Waals surface area contributed by atoms with Gasteiger partial charge in [-0.15, -0.1) is 0 Å². The van der Waals surface area contributed by atoms with Crippen molar-refractivity contribution in [3.8, 4) is 0 Å². The van der Waals surface area contributed by atoms with Crippen molar-refractivity contribution < 1.29 is 9.90 Å². The highest BCUT2D eigenvalue weighted by atomic mass is 16.4. The molecule has 0 atom stereocenters. The van der Waals surface area contributed by atoms with E-state index in [1.54, 1.807) is 6.20 Å². The molecule has 1 aliphatic heterocycles. The molecule has 0 aromatic heterocycles. The van der Waals surface area contributed by atoms with E-state index in [9.17, 15) is 4.79 Å². The molecule has 1 fully saturated rings. The SMILES string of the molecule is C=C/N=C(\C)N1CCN(CCC(=O)O)CC1. The van der Waals surface area contributed by atoms with Crippen LogP contribution in [0.15, 0.2) is 17.8 Å². The summed E-state index contributed by atoms with van der Waals surface area (Å²) in [4.78, 5) is 18.9. The van der Waals surface area contributed by atoms with Crippen LogP contribution in [-0.4, -0.2) is 59.4 Å². The molecule has 0 bridgehead atoms. The van der Waals surface area contributed by atoms with Crippen molar-refractivity contribution in [3.63, 3.8) is 0 Å². The number of piperazine rings is 1. The van der Waals surface area contributed by atoms with Gasteiger partial charge in [-0.2, -0.15) is 0 Å². The summed E-state index contributed by atoms with van der Waals surface area (Å²) >= 11 is 0. The van der Waals surface area contributed by atoms with Gasteiger partial charge in [-0.1, -0.05) is 6.58 Å². The van der Waals surface area contributed by atoms with Crippen LogP contribution in [0.2, 0.25) is 0 Å². The van der Waals surface area contributed by atoms with E-state index < -0.39 is 5.97 Å². The molecule has 90 valence electrons. The maximum Gasteiger partial charge on any atom is 0.304 e. The van der Waals surface area contributed by atoms with Crippen LogP contribution >= 0.6 is 0 Å². The minimum absolute atomic E-state index is 0.222. The normalized spacial score (nSPS) is 18.6. The average Bonchev–Trinajstić information content (AvgIpc) is 2.27. The Hall–Kier alpha value is -1.36. The number of hydrogen-bond donors (Lipinski definition) is 1. The fourth-order valence-electron chi connectivity index (χ4n) is 1.76. The largest absolute Gasteiger partial charge is 0.481 e. The van der Waals surface area contributed by atoms with Gasteiger partial charge in [-0.05, 0) is 6.92 Å². The summed E-state index contributed by atoms with van der Waals surface area (Å²) < 4.78 is 0. The molecule has 1 saturated heterocycles. The Morgan fingerprint density at radius 3 is 2.56 bits per heavy atom. The quantitative estimate of drug-likeness (QED) is 0.563. The highest BCUT2D eigenvalue weighted by Gasteiger charge is 2.17. The zero-order valence-electron chi connectivity index (χ0n) is 9.72. The van der Waals surface area contributed by atoms with Crippen molar-refractivity contribution in [1.29, 1.82) is 0 Å². The van der Waals surface area contributed by atoms with Gasteiger partial charge in [0.1, 0.15) is 5.84 Å². The van der Waals surface area contributed by atoms with Crippen LogP contribution in [-0.2, 0) is 4.79 Å². The molecule has 1 N–H and O–H groups in total. The Kier molecular flexibility index (Phi) is 4.98. The predicted molar refractivity (Wildman–Crippen MR) is 63.6 cm³/mol. The van der Waals surface area contributed by atoms with E-state index in [4.69, 9.17) is 5.11 Å². The van der Waals surface area contributed by atoms with E-state index in [0.717, 1.165) is 32.0 Å². The second-order valence-electron chi connectivity index (χ2n) is 3.83. The number of rotatable bonds is 4. The second-order valence-corrected chi connectivity index (χ2v) is 3.83. The summed E-state index contributed by atoms with van der Waals surface area (Å²) in [6.45, 7) is 9.79. The Morgan fingerprint density at radius 1 is 1.44 bits per heavy atom. The van der Waals surface area contributed by atoms with E-state index in [2.05, 4.69) is 21.4 Å². The molecule has 1 rings (SSSR count). The van der Waals surface area contributed by atoms with E-state index in [0.29, 0.717) is 6.54 Å². The first-order chi connectivity index (χ1) is 7.63. The van der Waals surface area contributed by atoms with Gasteiger partial charge >= 0.3 is 5.97 Å². The Bertz CT molecular complexity index is 281. The lowest BCUT2D eigenvalue weighted by Crippen LogP contribution is -2.48. The fraction of sp³-hybridized carbons (Fsp3) is 0.636. The predicted octanol–water partition coefficient (Wildman–Crippen LogP) is 0.641. The number of amidine groups is 1. The van der Waals surface area contributed by atoms with Crippen LogP contribution in [0.3, 0.4) is 0 Å². The molecule has 0 saturated carbocycles. The molecule has 1 aliphatic rings. The topological polar surface area (TPSA) is 56.1 Å². The van der Waals surface area contributed by atoms with Crippen molar-refractivity contribution in [2.75, 3.05) is 32.7 Å². The van der Waals surface area contributed by atoms with Crippen LogP contribution < -0.4 is 0 Å².